The Morgan fingerprint density at radius 2 is 1.89 bits per heavy atom. The van der Waals surface area contributed by atoms with Gasteiger partial charge >= 0.3 is 0 Å². The summed E-state index contributed by atoms with van der Waals surface area (Å²) in [6, 6.07) is 0. The molecule has 2 rings (SSSR count). The Kier molecular flexibility index (Phi) is 3.94. The van der Waals surface area contributed by atoms with Crippen molar-refractivity contribution in [3.8, 4) is 0 Å². The van der Waals surface area contributed by atoms with Gasteiger partial charge in [-0.2, -0.15) is 0 Å². The summed E-state index contributed by atoms with van der Waals surface area (Å²) in [5.74, 6) is 0.967. The lowest BCUT2D eigenvalue weighted by Crippen LogP contribution is -2.62. The summed E-state index contributed by atoms with van der Waals surface area (Å²) in [4.78, 5) is 14.4. The number of hydrogen-bond donors (Lipinski definition) is 2. The SMILES string of the molecule is CNC(CN1CCC(C(C)(C)C)C1)(C(N)=O)C1CC1. The molecule has 1 aliphatic carbocycles. The second-order valence-corrected chi connectivity index (χ2v) is 7.45. The van der Waals surface area contributed by atoms with Gasteiger partial charge in [-0.05, 0) is 50.1 Å². The number of carbonyl (C=O) groups excluding carboxylic acids is 1. The maximum absolute atomic E-state index is 11.9. The molecule has 2 aliphatic rings. The van der Waals surface area contributed by atoms with E-state index in [2.05, 4.69) is 31.0 Å². The van der Waals surface area contributed by atoms with Crippen molar-refractivity contribution in [1.82, 2.24) is 10.2 Å². The molecule has 0 aromatic carbocycles. The molecular weight excluding hydrogens is 238 g/mol. The van der Waals surface area contributed by atoms with Crippen LogP contribution in [-0.2, 0) is 4.79 Å². The molecule has 4 nitrogen and oxygen atoms in total. The highest BCUT2D eigenvalue weighted by molar-refractivity contribution is 5.86. The third-order valence-corrected chi connectivity index (χ3v) is 5.13. The van der Waals surface area contributed by atoms with E-state index in [9.17, 15) is 4.79 Å². The number of nitrogens with two attached hydrogens (primary N) is 1. The van der Waals surface area contributed by atoms with Crippen molar-refractivity contribution in [2.75, 3.05) is 26.7 Å². The third-order valence-electron chi connectivity index (χ3n) is 5.13. The van der Waals surface area contributed by atoms with E-state index in [1.807, 2.05) is 7.05 Å². The van der Waals surface area contributed by atoms with Crippen LogP contribution in [0.3, 0.4) is 0 Å². The topological polar surface area (TPSA) is 58.4 Å². The highest BCUT2D eigenvalue weighted by Crippen LogP contribution is 2.41. The molecule has 0 aromatic rings. The van der Waals surface area contributed by atoms with Gasteiger partial charge in [-0.25, -0.2) is 0 Å². The van der Waals surface area contributed by atoms with Gasteiger partial charge in [-0.3, -0.25) is 4.79 Å². The Hall–Kier alpha value is -0.610. The number of amides is 1. The fourth-order valence-electron chi connectivity index (χ4n) is 3.43. The second-order valence-electron chi connectivity index (χ2n) is 7.45. The van der Waals surface area contributed by atoms with E-state index >= 15 is 0 Å². The van der Waals surface area contributed by atoms with Gasteiger partial charge in [0.25, 0.3) is 0 Å². The zero-order valence-electron chi connectivity index (χ0n) is 12.8. The summed E-state index contributed by atoms with van der Waals surface area (Å²) in [5, 5.41) is 3.24. The van der Waals surface area contributed by atoms with Gasteiger partial charge in [0.1, 0.15) is 5.54 Å². The molecule has 1 aliphatic heterocycles. The molecular formula is C15H29N3O. The highest BCUT2D eigenvalue weighted by atomic mass is 16.1. The molecule has 1 saturated heterocycles. The largest absolute Gasteiger partial charge is 0.368 e. The average molecular weight is 267 g/mol. The maximum atomic E-state index is 11.9. The summed E-state index contributed by atoms with van der Waals surface area (Å²) >= 11 is 0. The molecule has 0 aromatic heterocycles. The van der Waals surface area contributed by atoms with Gasteiger partial charge in [0.15, 0.2) is 0 Å². The number of primary amides is 1. The first-order valence-electron chi connectivity index (χ1n) is 7.51. The van der Waals surface area contributed by atoms with E-state index in [1.54, 1.807) is 0 Å². The van der Waals surface area contributed by atoms with E-state index in [-0.39, 0.29) is 5.91 Å². The fourth-order valence-corrected chi connectivity index (χ4v) is 3.43. The van der Waals surface area contributed by atoms with Crippen LogP contribution >= 0.6 is 0 Å². The predicted octanol–water partition coefficient (Wildman–Crippen LogP) is 1.21. The number of hydrogen-bond acceptors (Lipinski definition) is 3. The predicted molar refractivity (Wildman–Crippen MR) is 77.7 cm³/mol. The summed E-state index contributed by atoms with van der Waals surface area (Å²) < 4.78 is 0. The molecule has 2 fully saturated rings. The minimum Gasteiger partial charge on any atom is -0.368 e. The number of nitrogens with one attached hydrogen (secondary N) is 1. The first-order valence-corrected chi connectivity index (χ1v) is 7.51. The molecule has 0 bridgehead atoms. The molecule has 1 heterocycles. The van der Waals surface area contributed by atoms with Gasteiger partial charge < -0.3 is 16.0 Å². The number of rotatable bonds is 5. The number of likely N-dealkylation sites (N-methyl/N-ethyl adjacent to an activating group) is 1. The molecule has 2 unspecified atom stereocenters. The third kappa shape index (κ3) is 2.95. The van der Waals surface area contributed by atoms with Crippen LogP contribution in [-0.4, -0.2) is 43.0 Å². The highest BCUT2D eigenvalue weighted by Gasteiger charge is 2.50. The fraction of sp³-hybridized carbons (Fsp3) is 0.933. The molecule has 2 atom stereocenters. The quantitative estimate of drug-likeness (QED) is 0.787. The van der Waals surface area contributed by atoms with Crippen molar-refractivity contribution in [2.45, 2.75) is 45.6 Å². The van der Waals surface area contributed by atoms with E-state index in [0.717, 1.165) is 32.5 Å². The smallest absolute Gasteiger partial charge is 0.239 e. The van der Waals surface area contributed by atoms with Crippen molar-refractivity contribution in [1.29, 1.82) is 0 Å². The Morgan fingerprint density at radius 1 is 1.26 bits per heavy atom. The van der Waals surface area contributed by atoms with Crippen LogP contribution in [0.2, 0.25) is 0 Å². The van der Waals surface area contributed by atoms with Gasteiger partial charge in [-0.1, -0.05) is 20.8 Å². The molecule has 4 heteroatoms. The minimum atomic E-state index is -0.507. The minimum absolute atomic E-state index is 0.184. The van der Waals surface area contributed by atoms with Crippen LogP contribution in [0.15, 0.2) is 0 Å². The summed E-state index contributed by atoms with van der Waals surface area (Å²) in [5.41, 5.74) is 5.54. The first-order chi connectivity index (χ1) is 8.79. The normalized spacial score (nSPS) is 28.3. The lowest BCUT2D eigenvalue weighted by Gasteiger charge is -2.35. The summed E-state index contributed by atoms with van der Waals surface area (Å²) in [6.45, 7) is 9.87. The van der Waals surface area contributed by atoms with Gasteiger partial charge in [0, 0.05) is 13.1 Å². The van der Waals surface area contributed by atoms with Crippen molar-refractivity contribution < 1.29 is 4.79 Å². The van der Waals surface area contributed by atoms with E-state index < -0.39 is 5.54 Å². The van der Waals surface area contributed by atoms with Gasteiger partial charge in [0.05, 0.1) is 0 Å². The molecule has 1 amide bonds. The Labute approximate surface area is 117 Å². The summed E-state index contributed by atoms with van der Waals surface area (Å²) in [6.07, 6.45) is 3.48. The van der Waals surface area contributed by atoms with E-state index in [1.165, 1.54) is 6.42 Å². The lowest BCUT2D eigenvalue weighted by atomic mass is 9.80. The molecule has 19 heavy (non-hydrogen) atoms. The standard InChI is InChI=1S/C15H29N3O/c1-14(2,3)12-7-8-18(9-12)10-15(17-4,13(16)19)11-5-6-11/h11-12,17H,5-10H2,1-4H3,(H2,16,19). The van der Waals surface area contributed by atoms with Crippen LogP contribution in [0.25, 0.3) is 0 Å². The number of carbonyl (C=O) groups is 1. The molecule has 1 saturated carbocycles. The van der Waals surface area contributed by atoms with Crippen LogP contribution in [0.4, 0.5) is 0 Å². The number of nitrogens with zero attached hydrogens (tertiary/aromatic N) is 1. The zero-order chi connectivity index (χ0) is 14.3. The van der Waals surface area contributed by atoms with Crippen LogP contribution in [0.1, 0.15) is 40.0 Å². The maximum Gasteiger partial charge on any atom is 0.239 e. The average Bonchev–Trinajstić information content (AvgIpc) is 3.04. The van der Waals surface area contributed by atoms with Gasteiger partial charge in [-0.15, -0.1) is 0 Å². The Morgan fingerprint density at radius 3 is 2.26 bits per heavy atom. The summed E-state index contributed by atoms with van der Waals surface area (Å²) in [7, 11) is 1.88. The zero-order valence-corrected chi connectivity index (χ0v) is 12.8. The van der Waals surface area contributed by atoms with Crippen molar-refractivity contribution in [2.24, 2.45) is 23.0 Å². The van der Waals surface area contributed by atoms with Crippen LogP contribution in [0.5, 0.6) is 0 Å². The molecule has 3 N–H and O–H groups in total. The Balaban J connectivity index is 2.02. The van der Waals surface area contributed by atoms with Crippen molar-refractivity contribution in [3.05, 3.63) is 0 Å². The van der Waals surface area contributed by atoms with Crippen LogP contribution < -0.4 is 11.1 Å². The molecule has 110 valence electrons. The van der Waals surface area contributed by atoms with Crippen molar-refractivity contribution >= 4 is 5.91 Å². The monoisotopic (exact) mass is 267 g/mol. The molecule has 0 spiro atoms. The second kappa shape index (κ2) is 5.06. The Bertz CT molecular complexity index is 346. The number of likely N-dealkylation sites (tertiary alicyclic amines) is 1. The first kappa shape index (κ1) is 14.8. The molecule has 0 radical (unpaired) electrons. The van der Waals surface area contributed by atoms with E-state index in [0.29, 0.717) is 17.3 Å². The van der Waals surface area contributed by atoms with Gasteiger partial charge in [0.2, 0.25) is 5.91 Å². The van der Waals surface area contributed by atoms with Crippen molar-refractivity contribution in [3.63, 3.8) is 0 Å². The van der Waals surface area contributed by atoms with E-state index in [4.69, 9.17) is 5.73 Å². The van der Waals surface area contributed by atoms with Crippen LogP contribution in [0, 0.1) is 17.3 Å². The lowest BCUT2D eigenvalue weighted by molar-refractivity contribution is -0.126.